The quantitative estimate of drug-likeness (QED) is 0.588. The van der Waals surface area contributed by atoms with Crippen molar-refractivity contribution in [2.75, 3.05) is 26.7 Å². The molecule has 0 aliphatic heterocycles. The molecule has 2 N–H and O–H groups in total. The minimum Gasteiger partial charge on any atom is -0.465 e. The topological polar surface area (TPSA) is 55.6 Å². The minimum atomic E-state index is -0.194. The average Bonchev–Trinajstić information content (AvgIpc) is 2.03. The van der Waals surface area contributed by atoms with E-state index in [1.54, 1.807) is 6.92 Å². The molecule has 0 aromatic heterocycles. The Bertz CT molecular complexity index is 139. The van der Waals surface area contributed by atoms with Gasteiger partial charge in [-0.3, -0.25) is 9.69 Å². The van der Waals surface area contributed by atoms with Crippen LogP contribution in [-0.2, 0) is 9.53 Å². The van der Waals surface area contributed by atoms with Gasteiger partial charge in [0, 0.05) is 12.6 Å². The second kappa shape index (κ2) is 5.97. The molecule has 1 unspecified atom stereocenters. The van der Waals surface area contributed by atoms with Gasteiger partial charge < -0.3 is 10.5 Å². The number of hydrogen-bond donors (Lipinski definition) is 1. The highest BCUT2D eigenvalue weighted by Gasteiger charge is 2.11. The summed E-state index contributed by atoms with van der Waals surface area (Å²) in [7, 11) is 1.86. The Labute approximate surface area is 73.7 Å². The summed E-state index contributed by atoms with van der Waals surface area (Å²) in [5, 5.41) is 0. The van der Waals surface area contributed by atoms with E-state index in [4.69, 9.17) is 10.5 Å². The Hall–Kier alpha value is -0.610. The minimum absolute atomic E-state index is 0.194. The van der Waals surface area contributed by atoms with Crippen molar-refractivity contribution in [2.45, 2.75) is 19.9 Å². The van der Waals surface area contributed by atoms with Crippen LogP contribution in [0.3, 0.4) is 0 Å². The van der Waals surface area contributed by atoms with Crippen molar-refractivity contribution >= 4 is 5.97 Å². The van der Waals surface area contributed by atoms with Crippen molar-refractivity contribution in [2.24, 2.45) is 5.73 Å². The maximum absolute atomic E-state index is 11.0. The van der Waals surface area contributed by atoms with Crippen LogP contribution in [0.1, 0.15) is 13.8 Å². The van der Waals surface area contributed by atoms with Gasteiger partial charge in [-0.2, -0.15) is 0 Å². The SMILES string of the molecule is CCOC(=O)CN(C)C(C)CN. The molecule has 0 aliphatic carbocycles. The third-order valence-corrected chi connectivity index (χ3v) is 1.78. The van der Waals surface area contributed by atoms with Gasteiger partial charge in [-0.1, -0.05) is 0 Å². The molecular weight excluding hydrogens is 156 g/mol. The third kappa shape index (κ3) is 4.31. The lowest BCUT2D eigenvalue weighted by atomic mass is 10.3. The van der Waals surface area contributed by atoms with Crippen molar-refractivity contribution in [1.82, 2.24) is 4.90 Å². The molecule has 1 atom stereocenters. The molecule has 0 aromatic carbocycles. The number of nitrogens with two attached hydrogens (primary N) is 1. The standard InChI is InChI=1S/C8H18N2O2/c1-4-12-8(11)6-10(3)7(2)5-9/h7H,4-6,9H2,1-3H3. The Morgan fingerprint density at radius 2 is 2.25 bits per heavy atom. The molecule has 12 heavy (non-hydrogen) atoms. The lowest BCUT2D eigenvalue weighted by Crippen LogP contribution is -2.39. The van der Waals surface area contributed by atoms with Crippen molar-refractivity contribution in [1.29, 1.82) is 0 Å². The summed E-state index contributed by atoms with van der Waals surface area (Å²) in [5.74, 6) is -0.194. The van der Waals surface area contributed by atoms with Crippen LogP contribution < -0.4 is 5.73 Å². The van der Waals surface area contributed by atoms with Crippen molar-refractivity contribution in [3.8, 4) is 0 Å². The van der Waals surface area contributed by atoms with E-state index in [-0.39, 0.29) is 12.0 Å². The first kappa shape index (κ1) is 11.4. The number of rotatable bonds is 5. The Balaban J connectivity index is 3.67. The number of likely N-dealkylation sites (N-methyl/N-ethyl adjacent to an activating group) is 1. The lowest BCUT2D eigenvalue weighted by Gasteiger charge is -2.21. The molecule has 0 heterocycles. The van der Waals surface area contributed by atoms with Gasteiger partial charge in [0.2, 0.25) is 0 Å². The predicted octanol–water partition coefficient (Wildman–Crippen LogP) is -0.171. The first-order valence-electron chi connectivity index (χ1n) is 4.17. The normalized spacial score (nSPS) is 13.1. The van der Waals surface area contributed by atoms with Gasteiger partial charge in [-0.25, -0.2) is 0 Å². The lowest BCUT2D eigenvalue weighted by molar-refractivity contribution is -0.144. The number of carbonyl (C=O) groups is 1. The maximum Gasteiger partial charge on any atom is 0.320 e. The van der Waals surface area contributed by atoms with E-state index in [1.165, 1.54) is 0 Å². The maximum atomic E-state index is 11.0. The fourth-order valence-corrected chi connectivity index (χ4v) is 0.746. The summed E-state index contributed by atoms with van der Waals surface area (Å²) < 4.78 is 4.79. The van der Waals surface area contributed by atoms with Crippen molar-refractivity contribution in [3.63, 3.8) is 0 Å². The summed E-state index contributed by atoms with van der Waals surface area (Å²) in [6, 6.07) is 0.217. The predicted molar refractivity (Wildman–Crippen MR) is 47.8 cm³/mol. The molecule has 0 aliphatic rings. The Kier molecular flexibility index (Phi) is 5.66. The summed E-state index contributed by atoms with van der Waals surface area (Å²) in [6.45, 7) is 5.06. The molecule has 0 spiro atoms. The van der Waals surface area contributed by atoms with Crippen LogP contribution in [0, 0.1) is 0 Å². The number of ether oxygens (including phenoxy) is 1. The van der Waals surface area contributed by atoms with E-state index >= 15 is 0 Å². The monoisotopic (exact) mass is 174 g/mol. The van der Waals surface area contributed by atoms with E-state index in [0.29, 0.717) is 19.7 Å². The molecule has 0 saturated carbocycles. The first-order chi connectivity index (χ1) is 5.61. The Morgan fingerprint density at radius 3 is 2.67 bits per heavy atom. The molecule has 72 valence electrons. The van der Waals surface area contributed by atoms with Gasteiger partial charge in [-0.05, 0) is 20.9 Å². The van der Waals surface area contributed by atoms with Crippen molar-refractivity contribution in [3.05, 3.63) is 0 Å². The molecule has 0 amide bonds. The smallest absolute Gasteiger partial charge is 0.320 e. The van der Waals surface area contributed by atoms with E-state index < -0.39 is 0 Å². The van der Waals surface area contributed by atoms with E-state index in [0.717, 1.165) is 0 Å². The van der Waals surface area contributed by atoms with Crippen molar-refractivity contribution < 1.29 is 9.53 Å². The van der Waals surface area contributed by atoms with E-state index in [1.807, 2.05) is 18.9 Å². The van der Waals surface area contributed by atoms with E-state index in [2.05, 4.69) is 0 Å². The van der Waals surface area contributed by atoms with Crippen LogP contribution in [0.25, 0.3) is 0 Å². The zero-order chi connectivity index (χ0) is 9.56. The largest absolute Gasteiger partial charge is 0.465 e. The van der Waals surface area contributed by atoms with Gasteiger partial charge in [0.1, 0.15) is 0 Å². The molecule has 4 nitrogen and oxygen atoms in total. The molecule has 0 fully saturated rings. The summed E-state index contributed by atoms with van der Waals surface area (Å²) in [6.07, 6.45) is 0. The zero-order valence-corrected chi connectivity index (χ0v) is 8.04. The molecule has 0 aromatic rings. The highest BCUT2D eigenvalue weighted by atomic mass is 16.5. The van der Waals surface area contributed by atoms with Gasteiger partial charge in [-0.15, -0.1) is 0 Å². The molecule has 0 bridgehead atoms. The van der Waals surface area contributed by atoms with Crippen LogP contribution in [0.2, 0.25) is 0 Å². The zero-order valence-electron chi connectivity index (χ0n) is 8.04. The second-order valence-electron chi connectivity index (χ2n) is 2.80. The van der Waals surface area contributed by atoms with Crippen LogP contribution in [0.5, 0.6) is 0 Å². The number of carbonyl (C=O) groups excluding carboxylic acids is 1. The number of nitrogens with zero attached hydrogens (tertiary/aromatic N) is 1. The second-order valence-corrected chi connectivity index (χ2v) is 2.80. The molecule has 4 heteroatoms. The molecule has 0 saturated heterocycles. The van der Waals surface area contributed by atoms with Crippen LogP contribution in [-0.4, -0.2) is 43.7 Å². The summed E-state index contributed by atoms with van der Waals surface area (Å²) >= 11 is 0. The fraction of sp³-hybridized carbons (Fsp3) is 0.875. The van der Waals surface area contributed by atoms with Gasteiger partial charge in [0.15, 0.2) is 0 Å². The summed E-state index contributed by atoms with van der Waals surface area (Å²) in [5.41, 5.74) is 5.43. The highest BCUT2D eigenvalue weighted by molar-refractivity contribution is 5.71. The average molecular weight is 174 g/mol. The van der Waals surface area contributed by atoms with Gasteiger partial charge in [0.25, 0.3) is 0 Å². The Morgan fingerprint density at radius 1 is 1.67 bits per heavy atom. The number of hydrogen-bond acceptors (Lipinski definition) is 4. The molecule has 0 rings (SSSR count). The van der Waals surface area contributed by atoms with Gasteiger partial charge >= 0.3 is 5.97 Å². The van der Waals surface area contributed by atoms with Crippen LogP contribution >= 0.6 is 0 Å². The van der Waals surface area contributed by atoms with E-state index in [9.17, 15) is 4.79 Å². The summed E-state index contributed by atoms with van der Waals surface area (Å²) in [4.78, 5) is 12.8. The van der Waals surface area contributed by atoms with Gasteiger partial charge in [0.05, 0.1) is 13.2 Å². The third-order valence-electron chi connectivity index (χ3n) is 1.78. The highest BCUT2D eigenvalue weighted by Crippen LogP contribution is 1.93. The first-order valence-corrected chi connectivity index (χ1v) is 4.17. The molecular formula is C8H18N2O2. The van der Waals surface area contributed by atoms with Crippen LogP contribution in [0.15, 0.2) is 0 Å². The van der Waals surface area contributed by atoms with Crippen LogP contribution in [0.4, 0.5) is 0 Å². The molecule has 0 radical (unpaired) electrons. The fourth-order valence-electron chi connectivity index (χ4n) is 0.746. The number of esters is 1.